The third kappa shape index (κ3) is 2.11. The molecule has 0 aliphatic heterocycles. The Labute approximate surface area is 96.7 Å². The van der Waals surface area contributed by atoms with Crippen molar-refractivity contribution >= 4 is 22.1 Å². The van der Waals surface area contributed by atoms with Crippen molar-refractivity contribution in [2.75, 3.05) is 23.7 Å². The number of fused-ring (bicyclic) bond motifs is 1. The smallest absolute Gasteiger partial charge is 0.0582 e. The maximum absolute atomic E-state index is 3.39. The van der Waals surface area contributed by atoms with Crippen molar-refractivity contribution in [2.24, 2.45) is 0 Å². The molecular formula is C14H18N2. The van der Waals surface area contributed by atoms with Crippen molar-refractivity contribution in [2.45, 2.75) is 13.8 Å². The first-order valence-electron chi connectivity index (χ1n) is 5.85. The highest BCUT2D eigenvalue weighted by Crippen LogP contribution is 2.28. The number of rotatable bonds is 4. The molecule has 0 fully saturated rings. The van der Waals surface area contributed by atoms with E-state index in [0.717, 1.165) is 13.1 Å². The van der Waals surface area contributed by atoms with Gasteiger partial charge in [-0.15, -0.1) is 0 Å². The first kappa shape index (κ1) is 10.8. The zero-order valence-electron chi connectivity index (χ0n) is 9.88. The highest BCUT2D eigenvalue weighted by molar-refractivity contribution is 5.92. The minimum atomic E-state index is 0.941. The van der Waals surface area contributed by atoms with Gasteiger partial charge in [-0.2, -0.15) is 0 Å². The number of hydrogen-bond acceptors (Lipinski definition) is 2. The van der Waals surface area contributed by atoms with E-state index in [2.05, 4.69) is 60.9 Å². The summed E-state index contributed by atoms with van der Waals surface area (Å²) in [6.07, 6.45) is 0. The van der Waals surface area contributed by atoms with E-state index in [1.54, 1.807) is 0 Å². The fourth-order valence-corrected chi connectivity index (χ4v) is 1.91. The van der Waals surface area contributed by atoms with Crippen LogP contribution in [-0.2, 0) is 0 Å². The fourth-order valence-electron chi connectivity index (χ4n) is 1.91. The highest BCUT2D eigenvalue weighted by Gasteiger charge is 2.02. The average molecular weight is 214 g/mol. The fraction of sp³-hybridized carbons (Fsp3) is 0.286. The second-order valence-electron chi connectivity index (χ2n) is 3.81. The molecule has 0 saturated heterocycles. The maximum Gasteiger partial charge on any atom is 0.0582 e. The summed E-state index contributed by atoms with van der Waals surface area (Å²) >= 11 is 0. The van der Waals surface area contributed by atoms with E-state index in [1.807, 2.05) is 0 Å². The molecule has 0 aliphatic carbocycles. The SMILES string of the molecule is CCNc1cc2ccccc2cc1NCC. The molecule has 0 radical (unpaired) electrons. The van der Waals surface area contributed by atoms with Gasteiger partial charge in [0.2, 0.25) is 0 Å². The Morgan fingerprint density at radius 1 is 0.812 bits per heavy atom. The van der Waals surface area contributed by atoms with Gasteiger partial charge >= 0.3 is 0 Å². The van der Waals surface area contributed by atoms with Gasteiger partial charge in [-0.05, 0) is 36.8 Å². The Bertz CT molecular complexity index is 433. The normalized spacial score (nSPS) is 10.4. The minimum Gasteiger partial charge on any atom is -0.384 e. The molecule has 0 atom stereocenters. The second kappa shape index (κ2) is 4.88. The van der Waals surface area contributed by atoms with Crippen LogP contribution in [-0.4, -0.2) is 13.1 Å². The molecular weight excluding hydrogens is 196 g/mol. The summed E-state index contributed by atoms with van der Waals surface area (Å²) < 4.78 is 0. The molecule has 0 spiro atoms. The van der Waals surface area contributed by atoms with Crippen LogP contribution >= 0.6 is 0 Å². The molecule has 2 aromatic rings. The van der Waals surface area contributed by atoms with Gasteiger partial charge in [0.15, 0.2) is 0 Å². The molecule has 0 amide bonds. The molecule has 0 saturated carbocycles. The molecule has 0 aliphatic rings. The van der Waals surface area contributed by atoms with Gasteiger partial charge in [-0.3, -0.25) is 0 Å². The molecule has 2 rings (SSSR count). The quantitative estimate of drug-likeness (QED) is 0.810. The van der Waals surface area contributed by atoms with Crippen LogP contribution < -0.4 is 10.6 Å². The Kier molecular flexibility index (Phi) is 3.30. The Balaban J connectivity index is 2.51. The summed E-state index contributed by atoms with van der Waals surface area (Å²) in [5.41, 5.74) is 2.37. The lowest BCUT2D eigenvalue weighted by Gasteiger charge is -2.13. The second-order valence-corrected chi connectivity index (χ2v) is 3.81. The van der Waals surface area contributed by atoms with Crippen molar-refractivity contribution in [3.05, 3.63) is 36.4 Å². The van der Waals surface area contributed by atoms with Crippen molar-refractivity contribution in [3.8, 4) is 0 Å². The van der Waals surface area contributed by atoms with E-state index in [1.165, 1.54) is 22.1 Å². The zero-order valence-corrected chi connectivity index (χ0v) is 9.88. The molecule has 2 aromatic carbocycles. The first-order valence-corrected chi connectivity index (χ1v) is 5.85. The molecule has 0 heterocycles. The molecule has 0 bridgehead atoms. The lowest BCUT2D eigenvalue weighted by atomic mass is 10.1. The van der Waals surface area contributed by atoms with E-state index in [4.69, 9.17) is 0 Å². The molecule has 16 heavy (non-hydrogen) atoms. The summed E-state index contributed by atoms with van der Waals surface area (Å²) in [5, 5.41) is 9.34. The van der Waals surface area contributed by atoms with Crippen LogP contribution in [0.5, 0.6) is 0 Å². The Hall–Kier alpha value is -1.70. The predicted molar refractivity (Wildman–Crippen MR) is 72.3 cm³/mol. The van der Waals surface area contributed by atoms with Crippen molar-refractivity contribution in [1.82, 2.24) is 0 Å². The number of hydrogen-bond donors (Lipinski definition) is 2. The topological polar surface area (TPSA) is 24.1 Å². The third-order valence-electron chi connectivity index (χ3n) is 2.62. The molecule has 84 valence electrons. The Morgan fingerprint density at radius 3 is 1.62 bits per heavy atom. The first-order chi connectivity index (χ1) is 7.85. The largest absolute Gasteiger partial charge is 0.384 e. The van der Waals surface area contributed by atoms with E-state index >= 15 is 0 Å². The maximum atomic E-state index is 3.39. The number of benzene rings is 2. The Morgan fingerprint density at radius 2 is 1.25 bits per heavy atom. The molecule has 0 aromatic heterocycles. The van der Waals surface area contributed by atoms with E-state index < -0.39 is 0 Å². The van der Waals surface area contributed by atoms with Gasteiger partial charge < -0.3 is 10.6 Å². The van der Waals surface area contributed by atoms with Gasteiger partial charge in [0, 0.05) is 13.1 Å². The summed E-state index contributed by atoms with van der Waals surface area (Å²) in [5.74, 6) is 0. The number of anilines is 2. The average Bonchev–Trinajstić information content (AvgIpc) is 2.30. The van der Waals surface area contributed by atoms with Crippen molar-refractivity contribution in [3.63, 3.8) is 0 Å². The zero-order chi connectivity index (χ0) is 11.4. The standard InChI is InChI=1S/C14H18N2/c1-3-15-13-9-11-7-5-6-8-12(11)10-14(13)16-4-2/h5-10,15-16H,3-4H2,1-2H3. The van der Waals surface area contributed by atoms with Crippen LogP contribution in [0.25, 0.3) is 10.8 Å². The summed E-state index contributed by atoms with van der Waals surface area (Å²) in [6, 6.07) is 12.8. The lowest BCUT2D eigenvalue weighted by Crippen LogP contribution is -2.04. The summed E-state index contributed by atoms with van der Waals surface area (Å²) in [7, 11) is 0. The summed E-state index contributed by atoms with van der Waals surface area (Å²) in [4.78, 5) is 0. The van der Waals surface area contributed by atoms with Crippen LogP contribution in [0.15, 0.2) is 36.4 Å². The molecule has 2 nitrogen and oxygen atoms in total. The van der Waals surface area contributed by atoms with Gasteiger partial charge in [0.25, 0.3) is 0 Å². The minimum absolute atomic E-state index is 0.941. The van der Waals surface area contributed by atoms with E-state index in [9.17, 15) is 0 Å². The highest BCUT2D eigenvalue weighted by atomic mass is 14.9. The number of nitrogens with one attached hydrogen (secondary N) is 2. The lowest BCUT2D eigenvalue weighted by molar-refractivity contribution is 1.18. The van der Waals surface area contributed by atoms with Gasteiger partial charge in [0.05, 0.1) is 11.4 Å². The monoisotopic (exact) mass is 214 g/mol. The van der Waals surface area contributed by atoms with Crippen LogP contribution in [0.2, 0.25) is 0 Å². The molecule has 0 unspecified atom stereocenters. The predicted octanol–water partition coefficient (Wildman–Crippen LogP) is 3.70. The van der Waals surface area contributed by atoms with Crippen LogP contribution in [0, 0.1) is 0 Å². The van der Waals surface area contributed by atoms with Gasteiger partial charge in [0.1, 0.15) is 0 Å². The van der Waals surface area contributed by atoms with Crippen LogP contribution in [0.3, 0.4) is 0 Å². The summed E-state index contributed by atoms with van der Waals surface area (Å²) in [6.45, 7) is 6.11. The molecule has 2 N–H and O–H groups in total. The molecule has 2 heteroatoms. The van der Waals surface area contributed by atoms with Crippen LogP contribution in [0.1, 0.15) is 13.8 Å². The van der Waals surface area contributed by atoms with Crippen molar-refractivity contribution < 1.29 is 0 Å². The van der Waals surface area contributed by atoms with E-state index in [-0.39, 0.29) is 0 Å². The third-order valence-corrected chi connectivity index (χ3v) is 2.62. The van der Waals surface area contributed by atoms with E-state index in [0.29, 0.717) is 0 Å². The van der Waals surface area contributed by atoms with Crippen LogP contribution in [0.4, 0.5) is 11.4 Å². The van der Waals surface area contributed by atoms with Gasteiger partial charge in [-0.25, -0.2) is 0 Å². The van der Waals surface area contributed by atoms with Crippen molar-refractivity contribution in [1.29, 1.82) is 0 Å². The van der Waals surface area contributed by atoms with Gasteiger partial charge in [-0.1, -0.05) is 24.3 Å².